The Bertz CT molecular complexity index is 528. The van der Waals surface area contributed by atoms with Crippen molar-refractivity contribution in [3.8, 4) is 5.69 Å². The van der Waals surface area contributed by atoms with Crippen LogP contribution in [0.4, 0.5) is 4.39 Å². The first kappa shape index (κ1) is 12.7. The molecule has 2 heterocycles. The molecule has 18 heavy (non-hydrogen) atoms. The highest BCUT2D eigenvalue weighted by molar-refractivity contribution is 5.33. The second-order valence-corrected chi connectivity index (χ2v) is 5.19. The van der Waals surface area contributed by atoms with E-state index in [-0.39, 0.29) is 11.4 Å². The molecule has 0 aliphatic heterocycles. The second kappa shape index (κ2) is 4.86. The van der Waals surface area contributed by atoms with Crippen molar-refractivity contribution >= 4 is 0 Å². The Balaban J connectivity index is 2.26. The Kier molecular flexibility index (Phi) is 3.43. The zero-order valence-corrected chi connectivity index (χ0v) is 10.8. The number of halogens is 1. The zero-order chi connectivity index (χ0) is 13.2. The third kappa shape index (κ3) is 2.92. The molecule has 0 amide bonds. The van der Waals surface area contributed by atoms with Crippen molar-refractivity contribution in [2.75, 3.05) is 0 Å². The van der Waals surface area contributed by atoms with Gasteiger partial charge in [0.15, 0.2) is 5.82 Å². The van der Waals surface area contributed by atoms with E-state index < -0.39 is 0 Å². The van der Waals surface area contributed by atoms with Crippen LogP contribution in [0.1, 0.15) is 26.5 Å². The van der Waals surface area contributed by atoms with Crippen LogP contribution in [0.3, 0.4) is 0 Å². The minimum absolute atomic E-state index is 0.00584. The Morgan fingerprint density at radius 2 is 2.06 bits per heavy atom. The quantitative estimate of drug-likeness (QED) is 0.906. The van der Waals surface area contributed by atoms with Crippen LogP contribution in [0.25, 0.3) is 5.69 Å². The van der Waals surface area contributed by atoms with E-state index in [1.165, 1.54) is 6.20 Å². The lowest BCUT2D eigenvalue weighted by Gasteiger charge is -2.21. The van der Waals surface area contributed by atoms with Gasteiger partial charge < -0.3 is 5.32 Å². The van der Waals surface area contributed by atoms with Crippen molar-refractivity contribution in [3.63, 3.8) is 0 Å². The predicted octanol–water partition coefficient (Wildman–Crippen LogP) is 2.29. The van der Waals surface area contributed by atoms with Gasteiger partial charge in [-0.1, -0.05) is 0 Å². The van der Waals surface area contributed by atoms with Gasteiger partial charge in [0.25, 0.3) is 0 Å². The lowest BCUT2D eigenvalue weighted by molar-refractivity contribution is 0.419. The van der Waals surface area contributed by atoms with Crippen LogP contribution < -0.4 is 5.32 Å². The highest BCUT2D eigenvalue weighted by atomic mass is 19.1. The fraction of sp³-hybridized carbons (Fsp3) is 0.385. The first-order valence-electron chi connectivity index (χ1n) is 5.83. The molecule has 0 spiro atoms. The van der Waals surface area contributed by atoms with Crippen LogP contribution in [-0.2, 0) is 6.54 Å². The van der Waals surface area contributed by atoms with E-state index in [9.17, 15) is 4.39 Å². The monoisotopic (exact) mass is 248 g/mol. The number of hydrogen-bond acceptors (Lipinski definition) is 3. The Morgan fingerprint density at radius 1 is 1.28 bits per heavy atom. The van der Waals surface area contributed by atoms with Gasteiger partial charge in [-0.05, 0) is 26.8 Å². The Hall–Kier alpha value is -1.75. The number of nitrogens with zero attached hydrogens (tertiary/aromatic N) is 3. The minimum atomic E-state index is -0.354. The third-order valence-corrected chi connectivity index (χ3v) is 2.53. The summed E-state index contributed by atoms with van der Waals surface area (Å²) in [6.45, 7) is 6.88. The second-order valence-electron chi connectivity index (χ2n) is 5.19. The molecule has 0 aromatic carbocycles. The van der Waals surface area contributed by atoms with Crippen molar-refractivity contribution in [3.05, 3.63) is 42.5 Å². The maximum Gasteiger partial charge on any atom is 0.165 e. The summed E-state index contributed by atoms with van der Waals surface area (Å²) in [4.78, 5) is 7.82. The van der Waals surface area contributed by atoms with Crippen LogP contribution in [0, 0.1) is 5.82 Å². The number of pyridine rings is 1. The average molecular weight is 248 g/mol. The van der Waals surface area contributed by atoms with Gasteiger partial charge in [-0.15, -0.1) is 0 Å². The predicted molar refractivity (Wildman–Crippen MR) is 67.9 cm³/mol. The summed E-state index contributed by atoms with van der Waals surface area (Å²) in [5.74, 6) is -0.354. The largest absolute Gasteiger partial charge is 0.306 e. The summed E-state index contributed by atoms with van der Waals surface area (Å²) in [5.41, 5.74) is 1.38. The third-order valence-electron chi connectivity index (χ3n) is 2.53. The van der Waals surface area contributed by atoms with Gasteiger partial charge in [0, 0.05) is 24.5 Å². The van der Waals surface area contributed by atoms with E-state index in [0.717, 1.165) is 5.69 Å². The van der Waals surface area contributed by atoms with Gasteiger partial charge in [0.05, 0.1) is 23.9 Å². The molecule has 5 heteroatoms. The topological polar surface area (TPSA) is 42.7 Å². The van der Waals surface area contributed by atoms with Gasteiger partial charge in [0.1, 0.15) is 0 Å². The summed E-state index contributed by atoms with van der Waals surface area (Å²) in [6, 6.07) is 1.64. The van der Waals surface area contributed by atoms with Gasteiger partial charge >= 0.3 is 0 Å². The van der Waals surface area contributed by atoms with Gasteiger partial charge in [-0.25, -0.2) is 9.37 Å². The molecule has 4 nitrogen and oxygen atoms in total. The van der Waals surface area contributed by atoms with E-state index >= 15 is 0 Å². The maximum absolute atomic E-state index is 13.7. The van der Waals surface area contributed by atoms with Crippen molar-refractivity contribution < 1.29 is 4.39 Å². The number of aromatic nitrogens is 3. The molecule has 0 unspecified atom stereocenters. The van der Waals surface area contributed by atoms with Gasteiger partial charge in [-0.2, -0.15) is 0 Å². The van der Waals surface area contributed by atoms with Crippen LogP contribution in [0.2, 0.25) is 0 Å². The zero-order valence-electron chi connectivity index (χ0n) is 10.8. The van der Waals surface area contributed by atoms with Gasteiger partial charge in [0.2, 0.25) is 0 Å². The van der Waals surface area contributed by atoms with E-state index in [1.807, 2.05) is 0 Å². The summed E-state index contributed by atoms with van der Waals surface area (Å²) < 4.78 is 15.4. The number of imidazole rings is 1. The molecular formula is C13H17FN4. The summed E-state index contributed by atoms with van der Waals surface area (Å²) in [7, 11) is 0. The molecule has 1 N–H and O–H groups in total. The molecule has 0 atom stereocenters. The Morgan fingerprint density at radius 3 is 2.72 bits per heavy atom. The first-order valence-corrected chi connectivity index (χ1v) is 5.83. The SMILES string of the molecule is CC(C)(C)NCc1cncn1-c1ccncc1F. The molecule has 2 aromatic heterocycles. The molecule has 0 aliphatic carbocycles. The molecule has 0 aliphatic rings. The molecule has 0 saturated carbocycles. The van der Waals surface area contributed by atoms with Crippen molar-refractivity contribution in [2.45, 2.75) is 32.9 Å². The van der Waals surface area contributed by atoms with E-state index in [0.29, 0.717) is 12.2 Å². The summed E-state index contributed by atoms with van der Waals surface area (Å²) >= 11 is 0. The highest BCUT2D eigenvalue weighted by Gasteiger charge is 2.12. The Labute approximate surface area is 106 Å². The van der Waals surface area contributed by atoms with Crippen LogP contribution in [0.15, 0.2) is 31.0 Å². The average Bonchev–Trinajstić information content (AvgIpc) is 2.74. The lowest BCUT2D eigenvalue weighted by Crippen LogP contribution is -2.35. The van der Waals surface area contributed by atoms with Crippen LogP contribution in [0.5, 0.6) is 0 Å². The van der Waals surface area contributed by atoms with Crippen molar-refractivity contribution in [1.29, 1.82) is 0 Å². The maximum atomic E-state index is 13.7. The molecular weight excluding hydrogens is 231 g/mol. The molecule has 96 valence electrons. The summed E-state index contributed by atoms with van der Waals surface area (Å²) in [5, 5.41) is 3.35. The molecule has 0 bridgehead atoms. The lowest BCUT2D eigenvalue weighted by atomic mass is 10.1. The number of hydrogen-bond donors (Lipinski definition) is 1. The summed E-state index contributed by atoms with van der Waals surface area (Å²) in [6.07, 6.45) is 6.12. The number of nitrogens with one attached hydrogen (secondary N) is 1. The highest BCUT2D eigenvalue weighted by Crippen LogP contribution is 2.14. The van der Waals surface area contributed by atoms with Crippen molar-refractivity contribution in [1.82, 2.24) is 19.9 Å². The molecule has 0 saturated heterocycles. The first-order chi connectivity index (χ1) is 8.47. The molecule has 0 radical (unpaired) electrons. The fourth-order valence-electron chi connectivity index (χ4n) is 1.59. The smallest absolute Gasteiger partial charge is 0.165 e. The van der Waals surface area contributed by atoms with E-state index in [2.05, 4.69) is 36.1 Å². The minimum Gasteiger partial charge on any atom is -0.306 e. The van der Waals surface area contributed by atoms with Crippen molar-refractivity contribution in [2.24, 2.45) is 0 Å². The number of rotatable bonds is 3. The van der Waals surface area contributed by atoms with E-state index in [4.69, 9.17) is 0 Å². The molecule has 2 aromatic rings. The molecule has 2 rings (SSSR count). The normalized spacial score (nSPS) is 11.8. The van der Waals surface area contributed by atoms with E-state index in [1.54, 1.807) is 29.4 Å². The molecule has 0 fully saturated rings. The van der Waals surface area contributed by atoms with Crippen LogP contribution in [-0.4, -0.2) is 20.1 Å². The standard InChI is InChI=1S/C13H17FN4/c1-13(2,3)17-7-10-6-16-9-18(10)12-4-5-15-8-11(12)14/h4-6,8-9,17H,7H2,1-3H3. The fourth-order valence-corrected chi connectivity index (χ4v) is 1.59. The van der Waals surface area contributed by atoms with Crippen LogP contribution >= 0.6 is 0 Å². The van der Waals surface area contributed by atoms with Gasteiger partial charge in [-0.3, -0.25) is 9.55 Å².